The molecule has 3 nitrogen and oxygen atoms in total. The summed E-state index contributed by atoms with van der Waals surface area (Å²) in [4.78, 5) is 15.0. The summed E-state index contributed by atoms with van der Waals surface area (Å²) >= 11 is 0. The molecule has 0 fully saturated rings. The van der Waals surface area contributed by atoms with Gasteiger partial charge in [-0.05, 0) is 18.6 Å². The molecule has 3 heteroatoms. The first-order valence-electron chi connectivity index (χ1n) is 3.73. The minimum atomic E-state index is -0.233. The zero-order chi connectivity index (χ0) is 8.97. The van der Waals surface area contributed by atoms with E-state index >= 15 is 0 Å². The molecule has 0 radical (unpaired) electrons. The van der Waals surface area contributed by atoms with Crippen molar-refractivity contribution in [1.29, 1.82) is 0 Å². The first-order valence-corrected chi connectivity index (χ1v) is 3.73. The average molecular weight is 165 g/mol. The maximum Gasteiger partial charge on any atom is 0.312 e. The number of pyridine rings is 1. The van der Waals surface area contributed by atoms with Crippen molar-refractivity contribution >= 4 is 5.97 Å². The van der Waals surface area contributed by atoms with E-state index in [1.165, 1.54) is 7.11 Å². The van der Waals surface area contributed by atoms with Gasteiger partial charge in [-0.25, -0.2) is 0 Å². The summed E-state index contributed by atoms with van der Waals surface area (Å²) in [7, 11) is 1.38. The molecule has 0 saturated carbocycles. The van der Waals surface area contributed by atoms with E-state index in [4.69, 9.17) is 0 Å². The Labute approximate surface area is 71.4 Å². The van der Waals surface area contributed by atoms with Crippen molar-refractivity contribution in [1.82, 2.24) is 4.98 Å². The van der Waals surface area contributed by atoms with Gasteiger partial charge in [-0.1, -0.05) is 6.07 Å². The number of aromatic nitrogens is 1. The SMILES string of the molecule is COC(=O)[C@@H](C)c1cccnc1. The summed E-state index contributed by atoms with van der Waals surface area (Å²) in [5, 5.41) is 0. The number of hydrogen-bond acceptors (Lipinski definition) is 3. The van der Waals surface area contributed by atoms with E-state index in [9.17, 15) is 4.79 Å². The standard InChI is InChI=1S/C9H11NO2/c1-7(9(11)12-2)8-4-3-5-10-6-8/h3-7H,1-2H3/t7-/m0/s1. The van der Waals surface area contributed by atoms with Crippen molar-refractivity contribution in [2.24, 2.45) is 0 Å². The van der Waals surface area contributed by atoms with Gasteiger partial charge in [0.1, 0.15) is 0 Å². The second-order valence-corrected chi connectivity index (χ2v) is 2.53. The van der Waals surface area contributed by atoms with Gasteiger partial charge in [0.05, 0.1) is 13.0 Å². The van der Waals surface area contributed by atoms with Gasteiger partial charge < -0.3 is 4.74 Å². The van der Waals surface area contributed by atoms with Gasteiger partial charge in [0.15, 0.2) is 0 Å². The Bertz CT molecular complexity index is 258. The van der Waals surface area contributed by atoms with Crippen molar-refractivity contribution in [2.75, 3.05) is 7.11 Å². The smallest absolute Gasteiger partial charge is 0.312 e. The molecule has 0 unspecified atom stereocenters. The Morgan fingerprint density at radius 3 is 2.92 bits per heavy atom. The van der Waals surface area contributed by atoms with Crippen LogP contribution in [0.1, 0.15) is 18.4 Å². The van der Waals surface area contributed by atoms with Crippen LogP contribution in [0.3, 0.4) is 0 Å². The van der Waals surface area contributed by atoms with E-state index in [1.807, 2.05) is 6.07 Å². The normalized spacial score (nSPS) is 12.2. The quantitative estimate of drug-likeness (QED) is 0.621. The summed E-state index contributed by atoms with van der Waals surface area (Å²) in [6, 6.07) is 3.66. The first kappa shape index (κ1) is 8.71. The number of nitrogens with zero attached hydrogens (tertiary/aromatic N) is 1. The minimum absolute atomic E-state index is 0.233. The highest BCUT2D eigenvalue weighted by atomic mass is 16.5. The molecular weight excluding hydrogens is 154 g/mol. The van der Waals surface area contributed by atoms with Crippen LogP contribution in [0.5, 0.6) is 0 Å². The van der Waals surface area contributed by atoms with Gasteiger partial charge in [0.2, 0.25) is 0 Å². The third-order valence-corrected chi connectivity index (χ3v) is 1.74. The Kier molecular flexibility index (Phi) is 2.80. The minimum Gasteiger partial charge on any atom is -0.469 e. The van der Waals surface area contributed by atoms with Crippen LogP contribution in [0.15, 0.2) is 24.5 Å². The lowest BCUT2D eigenvalue weighted by atomic mass is 10.0. The molecule has 0 amide bonds. The maximum atomic E-state index is 11.1. The van der Waals surface area contributed by atoms with Crippen LogP contribution in [0.25, 0.3) is 0 Å². The first-order chi connectivity index (χ1) is 5.75. The van der Waals surface area contributed by atoms with Crippen LogP contribution in [0.4, 0.5) is 0 Å². The number of carbonyl (C=O) groups is 1. The third-order valence-electron chi connectivity index (χ3n) is 1.74. The lowest BCUT2D eigenvalue weighted by Crippen LogP contribution is -2.10. The number of rotatable bonds is 2. The highest BCUT2D eigenvalue weighted by Gasteiger charge is 2.14. The molecule has 0 spiro atoms. The molecule has 0 aliphatic carbocycles. The molecule has 0 bridgehead atoms. The zero-order valence-electron chi connectivity index (χ0n) is 7.15. The van der Waals surface area contributed by atoms with E-state index in [2.05, 4.69) is 9.72 Å². The Morgan fingerprint density at radius 1 is 1.67 bits per heavy atom. The number of ether oxygens (including phenoxy) is 1. The molecule has 1 atom stereocenters. The largest absolute Gasteiger partial charge is 0.469 e. The van der Waals surface area contributed by atoms with E-state index in [0.717, 1.165) is 5.56 Å². The second-order valence-electron chi connectivity index (χ2n) is 2.53. The van der Waals surface area contributed by atoms with Gasteiger partial charge in [0.25, 0.3) is 0 Å². The Balaban J connectivity index is 2.78. The van der Waals surface area contributed by atoms with E-state index in [-0.39, 0.29) is 11.9 Å². The van der Waals surface area contributed by atoms with Gasteiger partial charge in [-0.3, -0.25) is 9.78 Å². The average Bonchev–Trinajstić information content (AvgIpc) is 2.17. The van der Waals surface area contributed by atoms with Crippen LogP contribution in [-0.2, 0) is 9.53 Å². The molecule has 1 aromatic rings. The lowest BCUT2D eigenvalue weighted by molar-refractivity contribution is -0.141. The molecule has 0 aliphatic heterocycles. The van der Waals surface area contributed by atoms with Crippen LogP contribution < -0.4 is 0 Å². The molecule has 0 aromatic carbocycles. The molecule has 0 N–H and O–H groups in total. The fourth-order valence-electron chi connectivity index (χ4n) is 0.945. The number of carbonyl (C=O) groups excluding carboxylic acids is 1. The van der Waals surface area contributed by atoms with Crippen molar-refractivity contribution in [3.05, 3.63) is 30.1 Å². The maximum absolute atomic E-state index is 11.1. The van der Waals surface area contributed by atoms with Crippen LogP contribution in [0.2, 0.25) is 0 Å². The highest BCUT2D eigenvalue weighted by Crippen LogP contribution is 2.14. The van der Waals surface area contributed by atoms with Crippen molar-refractivity contribution in [2.45, 2.75) is 12.8 Å². The number of methoxy groups -OCH3 is 1. The molecule has 12 heavy (non-hydrogen) atoms. The van der Waals surface area contributed by atoms with E-state index in [0.29, 0.717) is 0 Å². The van der Waals surface area contributed by atoms with Crippen molar-refractivity contribution in [3.63, 3.8) is 0 Å². The predicted molar refractivity (Wildman–Crippen MR) is 44.7 cm³/mol. The van der Waals surface area contributed by atoms with Gasteiger partial charge >= 0.3 is 5.97 Å². The number of hydrogen-bond donors (Lipinski definition) is 0. The topological polar surface area (TPSA) is 39.2 Å². The molecular formula is C9H11NO2. The van der Waals surface area contributed by atoms with Crippen LogP contribution >= 0.6 is 0 Å². The zero-order valence-corrected chi connectivity index (χ0v) is 7.15. The predicted octanol–water partition coefficient (Wildman–Crippen LogP) is 1.36. The highest BCUT2D eigenvalue weighted by molar-refractivity contribution is 5.77. The van der Waals surface area contributed by atoms with Crippen LogP contribution in [0, 0.1) is 0 Å². The summed E-state index contributed by atoms with van der Waals surface area (Å²) in [5.74, 6) is -0.466. The molecule has 0 aliphatic rings. The summed E-state index contributed by atoms with van der Waals surface area (Å²) in [6.07, 6.45) is 3.34. The fraction of sp³-hybridized carbons (Fsp3) is 0.333. The third kappa shape index (κ3) is 1.81. The van der Waals surface area contributed by atoms with Gasteiger partial charge in [-0.15, -0.1) is 0 Å². The molecule has 1 aromatic heterocycles. The van der Waals surface area contributed by atoms with Crippen LogP contribution in [-0.4, -0.2) is 18.1 Å². The van der Waals surface area contributed by atoms with E-state index in [1.54, 1.807) is 25.4 Å². The number of esters is 1. The molecule has 1 heterocycles. The second kappa shape index (κ2) is 3.85. The summed E-state index contributed by atoms with van der Waals surface area (Å²) in [5.41, 5.74) is 0.879. The monoisotopic (exact) mass is 165 g/mol. The fourth-order valence-corrected chi connectivity index (χ4v) is 0.945. The Hall–Kier alpha value is -1.38. The molecule has 1 rings (SSSR count). The Morgan fingerprint density at radius 2 is 2.42 bits per heavy atom. The van der Waals surface area contributed by atoms with Gasteiger partial charge in [0, 0.05) is 12.4 Å². The molecule has 64 valence electrons. The molecule has 0 saturated heterocycles. The lowest BCUT2D eigenvalue weighted by Gasteiger charge is -2.07. The van der Waals surface area contributed by atoms with Crippen molar-refractivity contribution in [3.8, 4) is 0 Å². The van der Waals surface area contributed by atoms with Gasteiger partial charge in [-0.2, -0.15) is 0 Å². The summed E-state index contributed by atoms with van der Waals surface area (Å²) in [6.45, 7) is 1.79. The van der Waals surface area contributed by atoms with E-state index < -0.39 is 0 Å². The van der Waals surface area contributed by atoms with Crippen molar-refractivity contribution < 1.29 is 9.53 Å². The summed E-state index contributed by atoms with van der Waals surface area (Å²) < 4.78 is 4.60.